The standard InChI is InChI=1S/C6H11NO2.C4H6O6/c8-6(9)5-3-1-2-4-7-5;5-1(3(7)8)2(6)4(9)10/h5,7H,1-4H2,(H,8,9);1-2,5-6H,(H,7,8)(H,9,10)/t5-;/m1./s1. The van der Waals surface area contributed by atoms with Crippen molar-refractivity contribution >= 4 is 17.9 Å². The minimum absolute atomic E-state index is 0.279. The molecular weight excluding hydrogens is 262 g/mol. The van der Waals surface area contributed by atoms with Gasteiger partial charge in [-0.15, -0.1) is 0 Å². The molecule has 6 N–H and O–H groups in total. The number of hydrogen-bond donors (Lipinski definition) is 6. The zero-order valence-electron chi connectivity index (χ0n) is 10.0. The van der Waals surface area contributed by atoms with Gasteiger partial charge in [0.2, 0.25) is 0 Å². The zero-order valence-corrected chi connectivity index (χ0v) is 10.0. The van der Waals surface area contributed by atoms with Gasteiger partial charge in [-0.25, -0.2) is 9.59 Å². The molecule has 0 radical (unpaired) electrons. The van der Waals surface area contributed by atoms with E-state index in [1.54, 1.807) is 0 Å². The summed E-state index contributed by atoms with van der Waals surface area (Å²) in [6.45, 7) is 0.858. The lowest BCUT2D eigenvalue weighted by Crippen LogP contribution is -2.40. The Labute approximate surface area is 108 Å². The fraction of sp³-hybridized carbons (Fsp3) is 0.700. The van der Waals surface area contributed by atoms with Gasteiger partial charge >= 0.3 is 17.9 Å². The third-order valence-corrected chi connectivity index (χ3v) is 2.41. The van der Waals surface area contributed by atoms with E-state index in [-0.39, 0.29) is 6.04 Å². The summed E-state index contributed by atoms with van der Waals surface area (Å²) in [6, 6.07) is -0.279. The van der Waals surface area contributed by atoms with Crippen molar-refractivity contribution in [2.45, 2.75) is 37.5 Å². The Morgan fingerprint density at radius 3 is 1.63 bits per heavy atom. The maximum absolute atomic E-state index is 10.3. The first kappa shape index (κ1) is 17.3. The van der Waals surface area contributed by atoms with Crippen molar-refractivity contribution in [2.24, 2.45) is 0 Å². The van der Waals surface area contributed by atoms with E-state index in [0.29, 0.717) is 0 Å². The lowest BCUT2D eigenvalue weighted by molar-refractivity contribution is -0.165. The first-order valence-electron chi connectivity index (χ1n) is 5.55. The van der Waals surface area contributed by atoms with Crippen molar-refractivity contribution in [3.8, 4) is 0 Å². The topological polar surface area (TPSA) is 164 Å². The summed E-state index contributed by atoms with van der Waals surface area (Å²) in [5, 5.41) is 43.9. The Morgan fingerprint density at radius 2 is 1.42 bits per heavy atom. The Bertz CT molecular complexity index is 307. The van der Waals surface area contributed by atoms with Crippen LogP contribution in [0.5, 0.6) is 0 Å². The number of carboxylic acid groups (broad SMARTS) is 3. The minimum atomic E-state index is -2.27. The second-order valence-corrected chi connectivity index (χ2v) is 3.91. The molecule has 0 aromatic heterocycles. The molecule has 9 nitrogen and oxygen atoms in total. The maximum Gasteiger partial charge on any atom is 0.335 e. The van der Waals surface area contributed by atoms with Crippen molar-refractivity contribution in [2.75, 3.05) is 6.54 Å². The SMILES string of the molecule is O=C(O)C(O)C(O)C(=O)O.O=C(O)[C@H]1CCCCN1. The Morgan fingerprint density at radius 1 is 0.947 bits per heavy atom. The van der Waals surface area contributed by atoms with Crippen LogP contribution in [0.15, 0.2) is 0 Å². The van der Waals surface area contributed by atoms with Gasteiger partial charge < -0.3 is 30.8 Å². The Balaban J connectivity index is 0.000000342. The Hall–Kier alpha value is -1.71. The molecule has 110 valence electrons. The van der Waals surface area contributed by atoms with Crippen LogP contribution in [0.1, 0.15) is 19.3 Å². The number of carboxylic acids is 3. The number of carbonyl (C=O) groups is 3. The highest BCUT2D eigenvalue weighted by atomic mass is 16.4. The number of aliphatic hydroxyl groups excluding tert-OH is 2. The molecule has 0 bridgehead atoms. The van der Waals surface area contributed by atoms with E-state index >= 15 is 0 Å². The maximum atomic E-state index is 10.3. The summed E-state index contributed by atoms with van der Waals surface area (Å²) in [4.78, 5) is 29.8. The number of rotatable bonds is 4. The van der Waals surface area contributed by atoms with Gasteiger partial charge in [-0.1, -0.05) is 6.42 Å². The highest BCUT2D eigenvalue weighted by Crippen LogP contribution is 2.05. The summed E-state index contributed by atoms with van der Waals surface area (Å²) in [7, 11) is 0. The van der Waals surface area contributed by atoms with Crippen LogP contribution in [0.25, 0.3) is 0 Å². The Kier molecular flexibility index (Phi) is 7.65. The van der Waals surface area contributed by atoms with E-state index in [1.807, 2.05) is 0 Å². The van der Waals surface area contributed by atoms with Crippen LogP contribution in [0, 0.1) is 0 Å². The summed E-state index contributed by atoms with van der Waals surface area (Å²) in [5.74, 6) is -4.25. The van der Waals surface area contributed by atoms with Crippen molar-refractivity contribution in [3.63, 3.8) is 0 Å². The number of nitrogens with one attached hydrogen (secondary N) is 1. The number of piperidine rings is 1. The van der Waals surface area contributed by atoms with Gasteiger partial charge in [0.1, 0.15) is 6.04 Å². The van der Waals surface area contributed by atoms with Gasteiger partial charge in [-0.05, 0) is 19.4 Å². The van der Waals surface area contributed by atoms with Crippen LogP contribution in [0.4, 0.5) is 0 Å². The second-order valence-electron chi connectivity index (χ2n) is 3.91. The lowest BCUT2D eigenvalue weighted by atomic mass is 10.1. The molecule has 9 heteroatoms. The minimum Gasteiger partial charge on any atom is -0.480 e. The molecule has 0 amide bonds. The third-order valence-electron chi connectivity index (χ3n) is 2.41. The van der Waals surface area contributed by atoms with E-state index in [4.69, 9.17) is 25.5 Å². The molecule has 1 rings (SSSR count). The largest absolute Gasteiger partial charge is 0.480 e. The molecule has 0 saturated carbocycles. The molecule has 1 aliphatic rings. The number of hydrogen-bond acceptors (Lipinski definition) is 6. The molecule has 0 spiro atoms. The van der Waals surface area contributed by atoms with Crippen LogP contribution in [-0.4, -0.2) is 68.2 Å². The van der Waals surface area contributed by atoms with Crippen molar-refractivity contribution in [1.82, 2.24) is 5.32 Å². The van der Waals surface area contributed by atoms with Crippen molar-refractivity contribution in [1.29, 1.82) is 0 Å². The molecule has 0 aromatic carbocycles. The normalized spacial score (nSPS) is 21.5. The predicted molar refractivity (Wildman–Crippen MR) is 60.6 cm³/mol. The molecule has 3 atom stereocenters. The molecule has 1 heterocycles. The van der Waals surface area contributed by atoms with Gasteiger partial charge in [-0.3, -0.25) is 4.79 Å². The quantitative estimate of drug-likeness (QED) is 0.344. The van der Waals surface area contributed by atoms with Gasteiger partial charge in [0.25, 0.3) is 0 Å². The van der Waals surface area contributed by atoms with E-state index in [9.17, 15) is 14.4 Å². The summed E-state index contributed by atoms with van der Waals surface area (Å²) >= 11 is 0. The third kappa shape index (κ3) is 6.70. The highest BCUT2D eigenvalue weighted by molar-refractivity contribution is 5.83. The monoisotopic (exact) mass is 279 g/mol. The second kappa shape index (κ2) is 8.40. The van der Waals surface area contributed by atoms with Crippen molar-refractivity contribution in [3.05, 3.63) is 0 Å². The zero-order chi connectivity index (χ0) is 15.0. The predicted octanol–water partition coefficient (Wildman–Crippen LogP) is -1.91. The summed E-state index contributed by atoms with van der Waals surface area (Å²) < 4.78 is 0. The van der Waals surface area contributed by atoms with Gasteiger partial charge in [0.15, 0.2) is 12.2 Å². The molecule has 1 saturated heterocycles. The van der Waals surface area contributed by atoms with Crippen LogP contribution in [0.3, 0.4) is 0 Å². The van der Waals surface area contributed by atoms with E-state index in [0.717, 1.165) is 25.8 Å². The number of aliphatic hydroxyl groups is 2. The average molecular weight is 279 g/mol. The first-order valence-corrected chi connectivity index (χ1v) is 5.55. The van der Waals surface area contributed by atoms with E-state index in [1.165, 1.54) is 0 Å². The smallest absolute Gasteiger partial charge is 0.335 e. The summed E-state index contributed by atoms with van der Waals surface area (Å²) in [5.41, 5.74) is 0. The van der Waals surface area contributed by atoms with Crippen LogP contribution in [0.2, 0.25) is 0 Å². The molecule has 2 unspecified atom stereocenters. The fourth-order valence-electron chi connectivity index (χ4n) is 1.33. The highest BCUT2D eigenvalue weighted by Gasteiger charge is 2.29. The average Bonchev–Trinajstić information content (AvgIpc) is 2.38. The molecular formula is C10H17NO8. The van der Waals surface area contributed by atoms with E-state index in [2.05, 4.69) is 5.32 Å². The first-order chi connectivity index (χ1) is 8.77. The van der Waals surface area contributed by atoms with Gasteiger partial charge in [0, 0.05) is 0 Å². The molecule has 0 aromatic rings. The van der Waals surface area contributed by atoms with Crippen LogP contribution >= 0.6 is 0 Å². The van der Waals surface area contributed by atoms with E-state index < -0.39 is 30.1 Å². The van der Waals surface area contributed by atoms with Gasteiger partial charge in [0.05, 0.1) is 0 Å². The van der Waals surface area contributed by atoms with Crippen molar-refractivity contribution < 1.29 is 39.9 Å². The molecule has 1 fully saturated rings. The van der Waals surface area contributed by atoms with Crippen LogP contribution in [-0.2, 0) is 14.4 Å². The molecule has 19 heavy (non-hydrogen) atoms. The van der Waals surface area contributed by atoms with Gasteiger partial charge in [-0.2, -0.15) is 0 Å². The fourth-order valence-corrected chi connectivity index (χ4v) is 1.33. The number of aliphatic carboxylic acids is 3. The molecule has 0 aliphatic carbocycles. The summed E-state index contributed by atoms with van der Waals surface area (Å²) in [6.07, 6.45) is -1.58. The van der Waals surface area contributed by atoms with Crippen LogP contribution < -0.4 is 5.32 Å². The molecule has 1 aliphatic heterocycles. The lowest BCUT2D eigenvalue weighted by Gasteiger charge is -2.18.